The first-order chi connectivity index (χ1) is 8.54. The van der Waals surface area contributed by atoms with Crippen LogP contribution in [-0.2, 0) is 0 Å². The topological polar surface area (TPSA) is 68.0 Å². The van der Waals surface area contributed by atoms with Gasteiger partial charge in [-0.1, -0.05) is 6.08 Å². The molecule has 3 N–H and O–H groups in total. The van der Waals surface area contributed by atoms with Gasteiger partial charge in [0.15, 0.2) is 0 Å². The summed E-state index contributed by atoms with van der Waals surface area (Å²) in [4.78, 5) is 17.7. The van der Waals surface area contributed by atoms with E-state index in [-0.39, 0.29) is 5.91 Å². The van der Waals surface area contributed by atoms with Gasteiger partial charge in [-0.25, -0.2) is 4.98 Å². The second-order valence-electron chi connectivity index (χ2n) is 4.10. The summed E-state index contributed by atoms with van der Waals surface area (Å²) in [6, 6.07) is 1.97. The van der Waals surface area contributed by atoms with Crippen LogP contribution in [-0.4, -0.2) is 17.4 Å². The van der Waals surface area contributed by atoms with Crippen molar-refractivity contribution >= 4 is 33.1 Å². The lowest BCUT2D eigenvalue weighted by Gasteiger charge is -2.01. The number of thiophene rings is 1. The molecule has 0 aliphatic carbocycles. The molecule has 0 radical (unpaired) electrons. The number of aromatic nitrogens is 1. The Balaban J connectivity index is 2.53. The fourth-order valence-corrected chi connectivity index (χ4v) is 3.02. The van der Waals surface area contributed by atoms with Crippen LogP contribution in [0.15, 0.2) is 18.7 Å². The first-order valence-electron chi connectivity index (χ1n) is 5.60. The number of hydrogen-bond acceptors (Lipinski definition) is 4. The summed E-state index contributed by atoms with van der Waals surface area (Å²) >= 11 is 1.33. The van der Waals surface area contributed by atoms with Crippen LogP contribution in [0.25, 0.3) is 10.2 Å². The van der Waals surface area contributed by atoms with Gasteiger partial charge in [-0.3, -0.25) is 4.79 Å². The number of amides is 1. The molecule has 2 aromatic rings. The van der Waals surface area contributed by atoms with Crippen molar-refractivity contribution in [1.29, 1.82) is 0 Å². The van der Waals surface area contributed by atoms with Crippen molar-refractivity contribution in [3.63, 3.8) is 0 Å². The number of fused-ring (bicyclic) bond motifs is 1. The molecule has 1 amide bonds. The number of carbonyl (C=O) groups excluding carboxylic acids is 1. The highest BCUT2D eigenvalue weighted by Gasteiger charge is 2.18. The van der Waals surface area contributed by atoms with Gasteiger partial charge < -0.3 is 11.1 Å². The molecule has 2 rings (SSSR count). The molecule has 5 heteroatoms. The molecule has 0 fully saturated rings. The molecule has 18 heavy (non-hydrogen) atoms. The Morgan fingerprint density at radius 1 is 1.61 bits per heavy atom. The predicted molar refractivity (Wildman–Crippen MR) is 76.0 cm³/mol. The fraction of sp³-hybridized carbons (Fsp3) is 0.231. The van der Waals surface area contributed by atoms with Crippen LogP contribution < -0.4 is 11.1 Å². The van der Waals surface area contributed by atoms with Gasteiger partial charge in [0.1, 0.15) is 9.71 Å². The smallest absolute Gasteiger partial charge is 0.263 e. The van der Waals surface area contributed by atoms with Gasteiger partial charge >= 0.3 is 0 Å². The number of nitrogens with zero attached hydrogens (tertiary/aromatic N) is 1. The highest BCUT2D eigenvalue weighted by Crippen LogP contribution is 2.34. The van der Waals surface area contributed by atoms with Gasteiger partial charge in [0.2, 0.25) is 0 Å². The first kappa shape index (κ1) is 12.6. The number of anilines is 1. The SMILES string of the molecule is C=CCNC(=O)c1sc2nc(C)cc(C)c2c1N. The van der Waals surface area contributed by atoms with E-state index in [0.29, 0.717) is 17.1 Å². The summed E-state index contributed by atoms with van der Waals surface area (Å²) in [5.41, 5.74) is 8.54. The number of nitrogens with two attached hydrogens (primary N) is 1. The van der Waals surface area contributed by atoms with Crippen molar-refractivity contribution in [2.24, 2.45) is 0 Å². The molecular formula is C13H15N3OS. The highest BCUT2D eigenvalue weighted by molar-refractivity contribution is 7.21. The Morgan fingerprint density at radius 2 is 2.33 bits per heavy atom. The summed E-state index contributed by atoms with van der Waals surface area (Å²) in [6.45, 7) is 7.90. The molecule has 0 unspecified atom stereocenters. The molecule has 0 spiro atoms. The second kappa shape index (κ2) is 4.78. The molecule has 0 saturated heterocycles. The van der Waals surface area contributed by atoms with Crippen LogP contribution in [0.3, 0.4) is 0 Å². The average molecular weight is 261 g/mol. The van der Waals surface area contributed by atoms with Crippen molar-refractivity contribution in [3.05, 3.63) is 34.9 Å². The van der Waals surface area contributed by atoms with Crippen LogP contribution in [0.2, 0.25) is 0 Å². The lowest BCUT2D eigenvalue weighted by atomic mass is 10.1. The molecule has 0 aliphatic heterocycles. The number of nitrogens with one attached hydrogen (secondary N) is 1. The average Bonchev–Trinajstić information content (AvgIpc) is 2.63. The first-order valence-corrected chi connectivity index (χ1v) is 6.41. The second-order valence-corrected chi connectivity index (χ2v) is 5.10. The van der Waals surface area contributed by atoms with Crippen LogP contribution in [0, 0.1) is 13.8 Å². The Hall–Kier alpha value is -1.88. The lowest BCUT2D eigenvalue weighted by Crippen LogP contribution is -2.22. The molecule has 0 atom stereocenters. The number of aryl methyl sites for hydroxylation is 2. The lowest BCUT2D eigenvalue weighted by molar-refractivity contribution is 0.0963. The summed E-state index contributed by atoms with van der Waals surface area (Å²) in [5.74, 6) is -0.174. The molecule has 94 valence electrons. The maximum Gasteiger partial charge on any atom is 0.263 e. The van der Waals surface area contributed by atoms with E-state index in [1.54, 1.807) is 6.08 Å². The maximum absolute atomic E-state index is 11.9. The van der Waals surface area contributed by atoms with E-state index in [9.17, 15) is 4.79 Å². The van der Waals surface area contributed by atoms with Gasteiger partial charge in [-0.15, -0.1) is 17.9 Å². The Labute approximate surface area is 110 Å². The predicted octanol–water partition coefficient (Wildman–Crippen LogP) is 2.41. The Bertz CT molecular complexity index is 631. The van der Waals surface area contributed by atoms with E-state index < -0.39 is 0 Å². The van der Waals surface area contributed by atoms with Gasteiger partial charge in [-0.2, -0.15) is 0 Å². The van der Waals surface area contributed by atoms with E-state index in [1.807, 2.05) is 19.9 Å². The molecule has 4 nitrogen and oxygen atoms in total. The molecule has 0 saturated carbocycles. The third-order valence-electron chi connectivity index (χ3n) is 2.64. The van der Waals surface area contributed by atoms with Crippen molar-refractivity contribution in [2.75, 3.05) is 12.3 Å². The number of hydrogen-bond donors (Lipinski definition) is 2. The quantitative estimate of drug-likeness (QED) is 0.834. The van der Waals surface area contributed by atoms with Crippen LogP contribution >= 0.6 is 11.3 Å². The Morgan fingerprint density at radius 3 is 3.00 bits per heavy atom. The zero-order valence-corrected chi connectivity index (χ0v) is 11.2. The number of nitrogen functional groups attached to an aromatic ring is 1. The van der Waals surface area contributed by atoms with Crippen LogP contribution in [0.4, 0.5) is 5.69 Å². The number of pyridine rings is 1. The fourth-order valence-electron chi connectivity index (χ4n) is 1.88. The number of rotatable bonds is 3. The monoisotopic (exact) mass is 261 g/mol. The van der Waals surface area contributed by atoms with Gasteiger partial charge in [0.25, 0.3) is 5.91 Å². The summed E-state index contributed by atoms with van der Waals surface area (Å²) < 4.78 is 0. The zero-order chi connectivity index (χ0) is 13.3. The largest absolute Gasteiger partial charge is 0.397 e. The standard InChI is InChI=1S/C13H15N3OS/c1-4-5-15-12(17)11-10(14)9-7(2)6-8(3)16-13(9)18-11/h4,6H,1,5,14H2,2-3H3,(H,15,17). The summed E-state index contributed by atoms with van der Waals surface area (Å²) in [7, 11) is 0. The minimum atomic E-state index is -0.174. The third kappa shape index (κ3) is 2.09. The van der Waals surface area contributed by atoms with Crippen molar-refractivity contribution in [2.45, 2.75) is 13.8 Å². The van der Waals surface area contributed by atoms with Crippen molar-refractivity contribution in [1.82, 2.24) is 10.3 Å². The number of carbonyl (C=O) groups is 1. The molecule has 2 aromatic heterocycles. The third-order valence-corrected chi connectivity index (χ3v) is 3.74. The minimum absolute atomic E-state index is 0.174. The van der Waals surface area contributed by atoms with Crippen molar-refractivity contribution < 1.29 is 4.79 Å². The molecule has 0 aromatic carbocycles. The van der Waals surface area contributed by atoms with Gasteiger partial charge in [0.05, 0.1) is 5.69 Å². The van der Waals surface area contributed by atoms with Gasteiger partial charge in [0, 0.05) is 17.6 Å². The summed E-state index contributed by atoms with van der Waals surface area (Å²) in [6.07, 6.45) is 1.63. The highest BCUT2D eigenvalue weighted by atomic mass is 32.1. The van der Waals surface area contributed by atoms with Crippen LogP contribution in [0.5, 0.6) is 0 Å². The van der Waals surface area contributed by atoms with E-state index in [2.05, 4.69) is 16.9 Å². The molecule has 2 heterocycles. The maximum atomic E-state index is 11.9. The molecular weight excluding hydrogens is 246 g/mol. The van der Waals surface area contributed by atoms with E-state index in [0.717, 1.165) is 21.5 Å². The molecule has 0 aliphatic rings. The summed E-state index contributed by atoms with van der Waals surface area (Å²) in [5, 5.41) is 3.61. The molecule has 0 bridgehead atoms. The zero-order valence-electron chi connectivity index (χ0n) is 10.4. The van der Waals surface area contributed by atoms with E-state index in [1.165, 1.54) is 11.3 Å². The van der Waals surface area contributed by atoms with E-state index >= 15 is 0 Å². The van der Waals surface area contributed by atoms with Gasteiger partial charge in [-0.05, 0) is 25.5 Å². The van der Waals surface area contributed by atoms with E-state index in [4.69, 9.17) is 5.73 Å². The normalized spacial score (nSPS) is 10.6. The minimum Gasteiger partial charge on any atom is -0.397 e. The van der Waals surface area contributed by atoms with Crippen molar-refractivity contribution in [3.8, 4) is 0 Å². The van der Waals surface area contributed by atoms with Crippen LogP contribution in [0.1, 0.15) is 20.9 Å². The Kier molecular flexibility index (Phi) is 3.34.